The zero-order chi connectivity index (χ0) is 17.7. The molecule has 1 amide bonds. The van der Waals surface area contributed by atoms with Crippen molar-refractivity contribution in [3.63, 3.8) is 0 Å². The lowest BCUT2D eigenvalue weighted by molar-refractivity contribution is 0.0817. The molecule has 0 saturated carbocycles. The van der Waals surface area contributed by atoms with Gasteiger partial charge in [0.05, 0.1) is 16.8 Å². The minimum atomic E-state index is -2.70. The van der Waals surface area contributed by atoms with E-state index in [0.717, 1.165) is 4.90 Å². The molecular weight excluding hydrogens is 338 g/mol. The minimum Gasteiger partial charge on any atom is -0.487 e. The summed E-state index contributed by atoms with van der Waals surface area (Å²) in [6.45, 7) is -0.874. The van der Waals surface area contributed by atoms with Crippen LogP contribution in [0.1, 0.15) is 22.1 Å². The maximum atomic E-state index is 12.7. The Kier molecular flexibility index (Phi) is 3.39. The van der Waals surface area contributed by atoms with Crippen LogP contribution in [0.3, 0.4) is 0 Å². The number of nitrogens with zero attached hydrogens (tertiary/aromatic N) is 2. The Morgan fingerprint density at radius 1 is 1.28 bits per heavy atom. The maximum absolute atomic E-state index is 12.7. The highest BCUT2D eigenvalue weighted by molar-refractivity contribution is 6.17. The summed E-state index contributed by atoms with van der Waals surface area (Å²) < 4.78 is 34.9. The number of ether oxygens (including phenoxy) is 1. The molecule has 0 aliphatic carbocycles. The monoisotopic (exact) mass is 348 g/mol. The first kappa shape index (κ1) is 15.5. The van der Waals surface area contributed by atoms with Crippen LogP contribution in [0.15, 0.2) is 39.9 Å². The van der Waals surface area contributed by atoms with Gasteiger partial charge in [-0.05, 0) is 23.4 Å². The number of rotatable bonds is 5. The molecule has 9 heteroatoms. The second kappa shape index (κ2) is 5.49. The van der Waals surface area contributed by atoms with E-state index >= 15 is 0 Å². The number of aliphatic hydroxyl groups is 1. The van der Waals surface area contributed by atoms with Crippen LogP contribution in [0.2, 0.25) is 0 Å². The first-order valence-corrected chi connectivity index (χ1v) is 7.25. The van der Waals surface area contributed by atoms with Crippen molar-refractivity contribution in [2.75, 3.05) is 11.5 Å². The molecule has 7 nitrogen and oxygen atoms in total. The molecule has 3 heterocycles. The highest BCUT2D eigenvalue weighted by atomic mass is 19.3. The van der Waals surface area contributed by atoms with E-state index in [1.165, 1.54) is 18.2 Å². The number of aliphatic hydroxyl groups excluding tert-OH is 1. The van der Waals surface area contributed by atoms with Crippen LogP contribution in [-0.2, 0) is 0 Å². The fraction of sp³-hybridized carbons (Fsp3) is 0.188. The van der Waals surface area contributed by atoms with Gasteiger partial charge in [0.15, 0.2) is 6.23 Å². The van der Waals surface area contributed by atoms with E-state index in [-0.39, 0.29) is 22.7 Å². The number of carbonyl (C=O) groups is 1. The average molecular weight is 348 g/mol. The van der Waals surface area contributed by atoms with E-state index in [9.17, 15) is 23.6 Å². The van der Waals surface area contributed by atoms with Gasteiger partial charge >= 0.3 is 0 Å². The lowest BCUT2D eigenvalue weighted by atomic mass is 10.1. The molecule has 1 atom stereocenters. The topological polar surface area (TPSA) is 92.3 Å². The predicted octanol–water partition coefficient (Wildman–Crippen LogP) is 3.56. The summed E-state index contributed by atoms with van der Waals surface area (Å²) >= 11 is 0. The van der Waals surface area contributed by atoms with Crippen LogP contribution in [0.5, 0.6) is 5.75 Å². The number of nitroso groups, excluding NO2 is 1. The van der Waals surface area contributed by atoms with Gasteiger partial charge in [0.25, 0.3) is 12.3 Å². The number of anilines is 1. The molecule has 1 N–H and O–H groups in total. The number of hydrogen-bond donors (Lipinski definition) is 1. The van der Waals surface area contributed by atoms with E-state index in [1.54, 1.807) is 12.1 Å². The molecule has 0 saturated heterocycles. The summed E-state index contributed by atoms with van der Waals surface area (Å²) in [5, 5.41) is 13.3. The van der Waals surface area contributed by atoms with Gasteiger partial charge in [-0.1, -0.05) is 0 Å². The molecule has 0 spiro atoms. The summed E-state index contributed by atoms with van der Waals surface area (Å²) in [6, 6.07) is 6.96. The third kappa shape index (κ3) is 2.31. The molecule has 1 aromatic carbocycles. The highest BCUT2D eigenvalue weighted by Gasteiger charge is 2.42. The van der Waals surface area contributed by atoms with Crippen molar-refractivity contribution >= 4 is 28.4 Å². The summed E-state index contributed by atoms with van der Waals surface area (Å²) in [7, 11) is 0. The molecule has 2 aromatic heterocycles. The Hall–Kier alpha value is -3.07. The Labute approximate surface area is 138 Å². The lowest BCUT2D eigenvalue weighted by Crippen LogP contribution is -2.27. The Morgan fingerprint density at radius 3 is 2.72 bits per heavy atom. The Bertz CT molecular complexity index is 971. The molecule has 3 aromatic rings. The number of furan rings is 2. The smallest absolute Gasteiger partial charge is 0.272 e. The fourth-order valence-corrected chi connectivity index (χ4v) is 2.97. The fourth-order valence-electron chi connectivity index (χ4n) is 2.97. The zero-order valence-corrected chi connectivity index (χ0v) is 12.5. The molecule has 1 unspecified atom stereocenters. The number of alkyl halides is 2. The van der Waals surface area contributed by atoms with Gasteiger partial charge in [-0.2, -0.15) is 0 Å². The van der Waals surface area contributed by atoms with Crippen LogP contribution < -0.4 is 9.64 Å². The molecule has 128 valence electrons. The first-order valence-electron chi connectivity index (χ1n) is 7.25. The summed E-state index contributed by atoms with van der Waals surface area (Å²) in [5.74, 6) is -0.586. The summed E-state index contributed by atoms with van der Waals surface area (Å²) in [4.78, 5) is 24.6. The van der Waals surface area contributed by atoms with Crippen molar-refractivity contribution in [2.45, 2.75) is 12.7 Å². The lowest BCUT2D eigenvalue weighted by Gasteiger charge is -2.22. The van der Waals surface area contributed by atoms with Crippen molar-refractivity contribution in [3.05, 3.63) is 46.4 Å². The molecule has 1 aliphatic rings. The van der Waals surface area contributed by atoms with Crippen LogP contribution >= 0.6 is 0 Å². The third-order valence-corrected chi connectivity index (χ3v) is 3.96. The van der Waals surface area contributed by atoms with E-state index in [1.807, 2.05) is 0 Å². The van der Waals surface area contributed by atoms with Gasteiger partial charge in [-0.25, -0.2) is 8.78 Å². The van der Waals surface area contributed by atoms with Gasteiger partial charge in [-0.15, -0.1) is 4.91 Å². The summed E-state index contributed by atoms with van der Waals surface area (Å²) in [6.07, 6.45) is -4.03. The number of amides is 1. The van der Waals surface area contributed by atoms with Crippen LogP contribution in [-0.4, -0.2) is 24.0 Å². The van der Waals surface area contributed by atoms with Gasteiger partial charge in [0.2, 0.25) is 0 Å². The van der Waals surface area contributed by atoms with Crippen molar-refractivity contribution in [3.8, 4) is 5.75 Å². The van der Waals surface area contributed by atoms with E-state index in [4.69, 9.17) is 9.15 Å². The second-order valence-electron chi connectivity index (χ2n) is 5.48. The number of benzene rings is 2. The quantitative estimate of drug-likeness (QED) is 0.712. The van der Waals surface area contributed by atoms with Crippen molar-refractivity contribution in [2.24, 2.45) is 5.18 Å². The normalized spacial score (nSPS) is 16.9. The van der Waals surface area contributed by atoms with Crippen LogP contribution in [0.25, 0.3) is 11.2 Å². The van der Waals surface area contributed by atoms with Gasteiger partial charge in [-0.3, -0.25) is 9.69 Å². The van der Waals surface area contributed by atoms with Gasteiger partial charge in [0.1, 0.15) is 29.2 Å². The highest BCUT2D eigenvalue weighted by Crippen LogP contribution is 2.44. The van der Waals surface area contributed by atoms with Crippen molar-refractivity contribution in [1.29, 1.82) is 0 Å². The molecule has 0 radical (unpaired) electrons. The molecule has 1 aliphatic heterocycles. The molecule has 2 bridgehead atoms. The number of halogens is 2. The third-order valence-electron chi connectivity index (χ3n) is 3.96. The minimum absolute atomic E-state index is 0.0582. The standard InChI is InChI=1S/C16H10F2N2O5/c17-12(18)6-24-9-4-7(19-23)3-8(5-9)20-15(21)13-10-1-2-11(25-10)14(13)16(20)22/h1-5,12,15,21H,6H2. The number of fused-ring (bicyclic) bond motifs is 5. The zero-order valence-electron chi connectivity index (χ0n) is 12.5. The molecule has 0 fully saturated rings. The van der Waals surface area contributed by atoms with Crippen LogP contribution in [0.4, 0.5) is 20.2 Å². The largest absolute Gasteiger partial charge is 0.487 e. The summed E-state index contributed by atoms with van der Waals surface area (Å²) in [5.41, 5.74) is 1.29. The van der Waals surface area contributed by atoms with Gasteiger partial charge in [0, 0.05) is 12.1 Å². The van der Waals surface area contributed by atoms with Crippen molar-refractivity contribution in [1.82, 2.24) is 0 Å². The van der Waals surface area contributed by atoms with Crippen LogP contribution in [0, 0.1) is 4.91 Å². The number of carbonyl (C=O) groups excluding carboxylic acids is 1. The van der Waals surface area contributed by atoms with E-state index in [2.05, 4.69) is 5.18 Å². The first-order chi connectivity index (χ1) is 12.0. The second-order valence-corrected chi connectivity index (χ2v) is 5.48. The van der Waals surface area contributed by atoms with Crippen molar-refractivity contribution < 1.29 is 27.8 Å². The average Bonchev–Trinajstić information content (AvgIpc) is 3.26. The molecule has 4 rings (SSSR count). The van der Waals surface area contributed by atoms with Gasteiger partial charge < -0.3 is 14.3 Å². The molecule has 25 heavy (non-hydrogen) atoms. The Balaban J connectivity index is 1.74. The SMILES string of the molecule is O=Nc1cc(OCC(F)F)cc(N2C(=O)c3c(c4ccc3o4)C2O)c1. The predicted molar refractivity (Wildman–Crippen MR) is 82.6 cm³/mol. The van der Waals surface area contributed by atoms with E-state index in [0.29, 0.717) is 16.7 Å². The van der Waals surface area contributed by atoms with E-state index < -0.39 is 25.2 Å². The number of hydrogen-bond acceptors (Lipinski definition) is 6. The Morgan fingerprint density at radius 2 is 2.04 bits per heavy atom. The maximum Gasteiger partial charge on any atom is 0.272 e. The molecular formula is C16H10F2N2O5.